The number of nitrogens with zero attached hydrogens (tertiary/aromatic N) is 2. The number of benzene rings is 2. The highest BCUT2D eigenvalue weighted by molar-refractivity contribution is 7.18. The minimum Gasteiger partial charge on any atom is -0.378 e. The maximum absolute atomic E-state index is 6.73. The Labute approximate surface area is 161 Å². The molecule has 4 rings (SSSR count). The van der Waals surface area contributed by atoms with E-state index in [1.165, 1.54) is 0 Å². The van der Waals surface area contributed by atoms with E-state index in [4.69, 9.17) is 21.3 Å². The van der Waals surface area contributed by atoms with E-state index in [-0.39, 0.29) is 0 Å². The number of hydrogen-bond donors (Lipinski definition) is 0. The summed E-state index contributed by atoms with van der Waals surface area (Å²) >= 11 is 8.38. The molecule has 0 unspecified atom stereocenters. The van der Waals surface area contributed by atoms with E-state index in [1.807, 2.05) is 36.5 Å². The second-order valence-corrected chi connectivity index (χ2v) is 7.46. The topological polar surface area (TPSA) is 35.0 Å². The average molecular weight is 381 g/mol. The Morgan fingerprint density at radius 2 is 1.88 bits per heavy atom. The number of aromatic nitrogens is 2. The molecule has 2 aromatic heterocycles. The van der Waals surface area contributed by atoms with Crippen molar-refractivity contribution < 1.29 is 4.74 Å². The van der Waals surface area contributed by atoms with Crippen LogP contribution in [0.2, 0.25) is 5.02 Å². The number of thiazole rings is 1. The molecule has 5 heteroatoms. The fraction of sp³-hybridized carbons (Fsp3) is 0.143. The number of ether oxygens (including phenoxy) is 1. The van der Waals surface area contributed by atoms with Crippen LogP contribution in [0.5, 0.6) is 0 Å². The van der Waals surface area contributed by atoms with Crippen molar-refractivity contribution in [1.82, 2.24) is 9.97 Å². The minimum atomic E-state index is 0.517. The summed E-state index contributed by atoms with van der Waals surface area (Å²) < 4.78 is 6.33. The lowest BCUT2D eigenvalue weighted by Crippen LogP contribution is -1.96. The lowest BCUT2D eigenvalue weighted by Gasteiger charge is -2.10. The first-order chi connectivity index (χ1) is 12.8. The Balaban J connectivity index is 1.73. The molecule has 0 aliphatic heterocycles. The third-order valence-electron chi connectivity index (χ3n) is 4.22. The van der Waals surface area contributed by atoms with Crippen LogP contribution < -0.4 is 0 Å². The SMILES string of the molecule is COCc1nc2c(Cc3cccc(-c4ccccc4)c3Cl)nccc2s1. The quantitative estimate of drug-likeness (QED) is 0.442. The highest BCUT2D eigenvalue weighted by Crippen LogP contribution is 2.33. The van der Waals surface area contributed by atoms with Gasteiger partial charge in [-0.1, -0.05) is 60.1 Å². The summed E-state index contributed by atoms with van der Waals surface area (Å²) in [7, 11) is 1.68. The Morgan fingerprint density at radius 1 is 1.04 bits per heavy atom. The van der Waals surface area contributed by atoms with Gasteiger partial charge < -0.3 is 4.74 Å². The number of rotatable bonds is 5. The molecule has 2 aromatic carbocycles. The molecule has 2 heterocycles. The van der Waals surface area contributed by atoms with Gasteiger partial charge in [0.2, 0.25) is 0 Å². The second kappa shape index (κ2) is 7.54. The summed E-state index contributed by atoms with van der Waals surface area (Å²) in [6, 6.07) is 18.3. The van der Waals surface area contributed by atoms with Crippen LogP contribution in [0.15, 0.2) is 60.8 Å². The van der Waals surface area contributed by atoms with Gasteiger partial charge in [-0.25, -0.2) is 4.98 Å². The predicted molar refractivity (Wildman–Crippen MR) is 108 cm³/mol. The van der Waals surface area contributed by atoms with E-state index in [0.717, 1.165) is 42.6 Å². The van der Waals surface area contributed by atoms with Gasteiger partial charge in [0.05, 0.1) is 22.0 Å². The fourth-order valence-corrected chi connectivity index (χ4v) is 4.26. The smallest absolute Gasteiger partial charge is 0.120 e. The van der Waals surface area contributed by atoms with Crippen LogP contribution in [-0.4, -0.2) is 17.1 Å². The van der Waals surface area contributed by atoms with E-state index in [2.05, 4.69) is 29.2 Å². The second-order valence-electron chi connectivity index (χ2n) is 5.97. The van der Waals surface area contributed by atoms with Gasteiger partial charge in [-0.15, -0.1) is 11.3 Å². The molecule has 0 saturated carbocycles. The van der Waals surface area contributed by atoms with Gasteiger partial charge in [0.1, 0.15) is 10.5 Å². The van der Waals surface area contributed by atoms with Crippen molar-refractivity contribution in [1.29, 1.82) is 0 Å². The standard InChI is InChI=1S/C21H17ClN2OS/c1-25-13-19-24-21-17(23-11-10-18(21)26-19)12-15-8-5-9-16(20(15)22)14-6-3-2-4-7-14/h2-11H,12-13H2,1H3. The number of methoxy groups -OCH3 is 1. The average Bonchev–Trinajstić information content (AvgIpc) is 3.08. The monoisotopic (exact) mass is 380 g/mol. The summed E-state index contributed by atoms with van der Waals surface area (Å²) in [5.74, 6) is 0. The van der Waals surface area contributed by atoms with Gasteiger partial charge in [-0.3, -0.25) is 4.98 Å². The van der Waals surface area contributed by atoms with Crippen molar-refractivity contribution in [3.63, 3.8) is 0 Å². The molecule has 0 atom stereocenters. The van der Waals surface area contributed by atoms with Crippen LogP contribution in [0.4, 0.5) is 0 Å². The van der Waals surface area contributed by atoms with Gasteiger partial charge in [-0.2, -0.15) is 0 Å². The molecule has 26 heavy (non-hydrogen) atoms. The predicted octanol–water partition coefficient (Wildman–Crippen LogP) is 5.75. The fourth-order valence-electron chi connectivity index (χ4n) is 3.01. The maximum Gasteiger partial charge on any atom is 0.120 e. The summed E-state index contributed by atoms with van der Waals surface area (Å²) in [6.07, 6.45) is 2.48. The first-order valence-electron chi connectivity index (χ1n) is 8.31. The first kappa shape index (κ1) is 17.2. The number of hydrogen-bond acceptors (Lipinski definition) is 4. The molecule has 0 aliphatic carbocycles. The van der Waals surface area contributed by atoms with Gasteiger partial charge in [0.15, 0.2) is 0 Å². The zero-order valence-corrected chi connectivity index (χ0v) is 15.8. The summed E-state index contributed by atoms with van der Waals surface area (Å²) in [5, 5.41) is 1.73. The lowest BCUT2D eigenvalue weighted by molar-refractivity contribution is 0.184. The molecule has 0 aliphatic rings. The molecule has 3 nitrogen and oxygen atoms in total. The molecule has 0 spiro atoms. The Kier molecular flexibility index (Phi) is 4.98. The zero-order chi connectivity index (χ0) is 17.9. The molecular formula is C21H17ClN2OS. The molecule has 0 bridgehead atoms. The van der Waals surface area contributed by atoms with E-state index < -0.39 is 0 Å². The van der Waals surface area contributed by atoms with E-state index >= 15 is 0 Å². The van der Waals surface area contributed by atoms with Crippen LogP contribution in [0.25, 0.3) is 21.3 Å². The third kappa shape index (κ3) is 3.36. The molecule has 0 saturated heterocycles. The minimum absolute atomic E-state index is 0.517. The molecular weight excluding hydrogens is 364 g/mol. The molecule has 130 valence electrons. The lowest BCUT2D eigenvalue weighted by atomic mass is 10.0. The van der Waals surface area contributed by atoms with Crippen molar-refractivity contribution in [3.05, 3.63) is 82.1 Å². The van der Waals surface area contributed by atoms with E-state index in [0.29, 0.717) is 13.0 Å². The van der Waals surface area contributed by atoms with Crippen LogP contribution in [0, 0.1) is 0 Å². The van der Waals surface area contributed by atoms with E-state index in [9.17, 15) is 0 Å². The van der Waals surface area contributed by atoms with Crippen LogP contribution >= 0.6 is 22.9 Å². The molecule has 0 N–H and O–H groups in total. The van der Waals surface area contributed by atoms with Gasteiger partial charge in [0, 0.05) is 25.3 Å². The molecule has 4 aromatic rings. The summed E-state index contributed by atoms with van der Waals surface area (Å²) in [5.41, 5.74) is 5.07. The Morgan fingerprint density at radius 3 is 2.69 bits per heavy atom. The zero-order valence-electron chi connectivity index (χ0n) is 14.3. The number of halogens is 1. The van der Waals surface area contributed by atoms with Gasteiger partial charge in [0.25, 0.3) is 0 Å². The highest BCUT2D eigenvalue weighted by Gasteiger charge is 2.13. The van der Waals surface area contributed by atoms with Crippen LogP contribution in [0.1, 0.15) is 16.3 Å². The highest BCUT2D eigenvalue weighted by atomic mass is 35.5. The summed E-state index contributed by atoms with van der Waals surface area (Å²) in [4.78, 5) is 9.26. The van der Waals surface area contributed by atoms with Crippen LogP contribution in [0.3, 0.4) is 0 Å². The van der Waals surface area contributed by atoms with Crippen molar-refractivity contribution >= 4 is 33.2 Å². The Bertz CT molecular complexity index is 1050. The molecule has 0 fully saturated rings. The maximum atomic E-state index is 6.73. The summed E-state index contributed by atoms with van der Waals surface area (Å²) in [6.45, 7) is 0.517. The normalized spacial score (nSPS) is 11.2. The molecule has 0 radical (unpaired) electrons. The Hall–Kier alpha value is -2.27. The van der Waals surface area contributed by atoms with Crippen molar-refractivity contribution in [2.24, 2.45) is 0 Å². The number of fused-ring (bicyclic) bond motifs is 1. The molecule has 0 amide bonds. The van der Waals surface area contributed by atoms with Crippen LogP contribution in [-0.2, 0) is 17.8 Å². The van der Waals surface area contributed by atoms with Crippen molar-refractivity contribution in [3.8, 4) is 11.1 Å². The van der Waals surface area contributed by atoms with E-state index in [1.54, 1.807) is 18.4 Å². The first-order valence-corrected chi connectivity index (χ1v) is 9.51. The van der Waals surface area contributed by atoms with Crippen molar-refractivity contribution in [2.75, 3.05) is 7.11 Å². The third-order valence-corrected chi connectivity index (χ3v) is 5.66. The number of pyridine rings is 1. The van der Waals surface area contributed by atoms with Gasteiger partial charge >= 0.3 is 0 Å². The van der Waals surface area contributed by atoms with Crippen molar-refractivity contribution in [2.45, 2.75) is 13.0 Å². The van der Waals surface area contributed by atoms with Gasteiger partial charge in [-0.05, 0) is 17.2 Å². The largest absolute Gasteiger partial charge is 0.378 e.